The molecule has 0 aliphatic rings. The number of benzene rings is 2. The number of sulfonamides is 1. The van der Waals surface area contributed by atoms with Crippen LogP contribution in [-0.4, -0.2) is 27.4 Å². The lowest BCUT2D eigenvalue weighted by Crippen LogP contribution is -2.41. The van der Waals surface area contributed by atoms with Crippen molar-refractivity contribution in [3.8, 4) is 0 Å². The number of hydrogen-bond donors (Lipinski definition) is 1. The first-order chi connectivity index (χ1) is 14.8. The standard InChI is InChI=1S/C23H25ClN2O4S/c1-17-10-12-20(13-11-17)31(28,29)26(22-9-3-8-21(24)18(22)2)16-23(27)25-14-4-6-19-7-5-15-30-19/h3,5,7-13,15H,4,6,14,16H2,1-2H3,(H,25,27). The SMILES string of the molecule is Cc1ccc(S(=O)(=O)N(CC(=O)NCCCc2ccco2)c2cccc(Cl)c2C)cc1. The van der Waals surface area contributed by atoms with Crippen LogP contribution in [0.4, 0.5) is 5.69 Å². The normalized spacial score (nSPS) is 11.3. The molecule has 0 saturated carbocycles. The summed E-state index contributed by atoms with van der Waals surface area (Å²) in [4.78, 5) is 12.8. The fourth-order valence-corrected chi connectivity index (χ4v) is 4.78. The first kappa shape index (κ1) is 22.9. The second-order valence-electron chi connectivity index (χ2n) is 7.24. The molecule has 1 N–H and O–H groups in total. The van der Waals surface area contributed by atoms with Crippen molar-refractivity contribution in [1.29, 1.82) is 0 Å². The van der Waals surface area contributed by atoms with Crippen molar-refractivity contribution in [3.05, 3.63) is 82.8 Å². The third-order valence-corrected chi connectivity index (χ3v) is 7.09. The minimum Gasteiger partial charge on any atom is -0.469 e. The number of carbonyl (C=O) groups is 1. The van der Waals surface area contributed by atoms with Crippen molar-refractivity contribution in [3.63, 3.8) is 0 Å². The Kier molecular flexibility index (Phi) is 7.41. The van der Waals surface area contributed by atoms with Crippen LogP contribution in [0.1, 0.15) is 23.3 Å². The maximum atomic E-state index is 13.4. The summed E-state index contributed by atoms with van der Waals surface area (Å²) >= 11 is 6.23. The van der Waals surface area contributed by atoms with Crippen LogP contribution in [0.2, 0.25) is 5.02 Å². The Hall–Kier alpha value is -2.77. The van der Waals surface area contributed by atoms with E-state index < -0.39 is 15.9 Å². The van der Waals surface area contributed by atoms with Crippen molar-refractivity contribution in [2.45, 2.75) is 31.6 Å². The molecule has 0 fully saturated rings. The van der Waals surface area contributed by atoms with Gasteiger partial charge in [0.25, 0.3) is 10.0 Å². The summed E-state index contributed by atoms with van der Waals surface area (Å²) in [6.45, 7) is 3.67. The number of hydrogen-bond acceptors (Lipinski definition) is 4. The van der Waals surface area contributed by atoms with Gasteiger partial charge in [-0.05, 0) is 62.2 Å². The van der Waals surface area contributed by atoms with Gasteiger partial charge in [0.2, 0.25) is 5.91 Å². The highest BCUT2D eigenvalue weighted by Crippen LogP contribution is 2.30. The molecule has 1 aromatic heterocycles. The Bertz CT molecular complexity index is 1130. The highest BCUT2D eigenvalue weighted by molar-refractivity contribution is 7.92. The van der Waals surface area contributed by atoms with Gasteiger partial charge in [-0.2, -0.15) is 0 Å². The number of anilines is 1. The number of carbonyl (C=O) groups excluding carboxylic acids is 1. The summed E-state index contributed by atoms with van der Waals surface area (Å²) in [5, 5.41) is 3.22. The molecule has 164 valence electrons. The largest absolute Gasteiger partial charge is 0.469 e. The molecule has 6 nitrogen and oxygen atoms in total. The topological polar surface area (TPSA) is 79.6 Å². The monoisotopic (exact) mass is 460 g/mol. The number of amides is 1. The van der Waals surface area contributed by atoms with E-state index in [2.05, 4.69) is 5.32 Å². The Labute approximate surface area is 187 Å². The van der Waals surface area contributed by atoms with Gasteiger partial charge in [-0.15, -0.1) is 0 Å². The van der Waals surface area contributed by atoms with E-state index in [1.54, 1.807) is 55.7 Å². The van der Waals surface area contributed by atoms with E-state index in [-0.39, 0.29) is 11.4 Å². The Morgan fingerprint density at radius 1 is 1.06 bits per heavy atom. The predicted octanol–water partition coefficient (Wildman–Crippen LogP) is 4.49. The van der Waals surface area contributed by atoms with Crippen LogP contribution in [-0.2, 0) is 21.2 Å². The summed E-state index contributed by atoms with van der Waals surface area (Å²) in [6.07, 6.45) is 2.97. The summed E-state index contributed by atoms with van der Waals surface area (Å²) < 4.78 is 33.2. The highest BCUT2D eigenvalue weighted by Gasteiger charge is 2.28. The second-order valence-corrected chi connectivity index (χ2v) is 9.51. The number of nitrogens with one attached hydrogen (secondary N) is 1. The number of furan rings is 1. The molecule has 0 unspecified atom stereocenters. The molecule has 3 rings (SSSR count). The quantitative estimate of drug-likeness (QED) is 0.477. The average Bonchev–Trinajstić information content (AvgIpc) is 3.25. The zero-order valence-electron chi connectivity index (χ0n) is 17.5. The van der Waals surface area contributed by atoms with Gasteiger partial charge in [0.05, 0.1) is 16.8 Å². The Balaban J connectivity index is 1.79. The van der Waals surface area contributed by atoms with Crippen LogP contribution in [0.5, 0.6) is 0 Å². The van der Waals surface area contributed by atoms with Crippen LogP contribution in [0.15, 0.2) is 70.2 Å². The lowest BCUT2D eigenvalue weighted by molar-refractivity contribution is -0.119. The molecule has 0 bridgehead atoms. The van der Waals surface area contributed by atoms with Gasteiger partial charge in [-0.1, -0.05) is 35.4 Å². The Morgan fingerprint density at radius 2 is 1.81 bits per heavy atom. The van der Waals surface area contributed by atoms with Crippen molar-refractivity contribution in [2.24, 2.45) is 0 Å². The van der Waals surface area contributed by atoms with E-state index in [0.29, 0.717) is 35.7 Å². The summed E-state index contributed by atoms with van der Waals surface area (Å²) in [5.41, 5.74) is 1.91. The van der Waals surface area contributed by atoms with E-state index in [1.165, 1.54) is 0 Å². The molecule has 31 heavy (non-hydrogen) atoms. The van der Waals surface area contributed by atoms with Gasteiger partial charge in [-0.3, -0.25) is 9.10 Å². The number of nitrogens with zero attached hydrogens (tertiary/aromatic N) is 1. The molecule has 0 radical (unpaired) electrons. The molecule has 0 saturated heterocycles. The fraction of sp³-hybridized carbons (Fsp3) is 0.261. The van der Waals surface area contributed by atoms with Gasteiger partial charge in [-0.25, -0.2) is 8.42 Å². The predicted molar refractivity (Wildman–Crippen MR) is 122 cm³/mol. The zero-order valence-corrected chi connectivity index (χ0v) is 19.0. The smallest absolute Gasteiger partial charge is 0.264 e. The van der Waals surface area contributed by atoms with E-state index in [4.69, 9.17) is 16.0 Å². The van der Waals surface area contributed by atoms with Crippen LogP contribution < -0.4 is 9.62 Å². The third kappa shape index (κ3) is 5.68. The molecule has 1 heterocycles. The molecule has 2 aromatic carbocycles. The van der Waals surface area contributed by atoms with Gasteiger partial charge in [0, 0.05) is 18.0 Å². The molecule has 1 amide bonds. The molecule has 0 spiro atoms. The van der Waals surface area contributed by atoms with Crippen LogP contribution in [0.25, 0.3) is 0 Å². The van der Waals surface area contributed by atoms with E-state index in [0.717, 1.165) is 15.6 Å². The van der Waals surface area contributed by atoms with Crippen LogP contribution in [0.3, 0.4) is 0 Å². The number of rotatable bonds is 9. The minimum atomic E-state index is -3.97. The van der Waals surface area contributed by atoms with E-state index >= 15 is 0 Å². The van der Waals surface area contributed by atoms with Crippen LogP contribution >= 0.6 is 11.6 Å². The maximum Gasteiger partial charge on any atom is 0.264 e. The van der Waals surface area contributed by atoms with E-state index in [1.807, 2.05) is 19.1 Å². The van der Waals surface area contributed by atoms with Gasteiger partial charge >= 0.3 is 0 Å². The molecule has 0 atom stereocenters. The van der Waals surface area contributed by atoms with Gasteiger partial charge in [0.15, 0.2) is 0 Å². The summed E-state index contributed by atoms with van der Waals surface area (Å²) in [6, 6.07) is 15.2. The zero-order chi connectivity index (χ0) is 22.4. The maximum absolute atomic E-state index is 13.4. The Morgan fingerprint density at radius 3 is 2.48 bits per heavy atom. The molecular formula is C23H25ClN2O4S. The summed E-state index contributed by atoms with van der Waals surface area (Å²) in [7, 11) is -3.97. The molecule has 3 aromatic rings. The van der Waals surface area contributed by atoms with Crippen molar-refractivity contribution >= 4 is 33.2 Å². The van der Waals surface area contributed by atoms with Crippen molar-refractivity contribution in [2.75, 3.05) is 17.4 Å². The van der Waals surface area contributed by atoms with Crippen molar-refractivity contribution < 1.29 is 17.6 Å². The first-order valence-corrected chi connectivity index (χ1v) is 11.7. The first-order valence-electron chi connectivity index (χ1n) is 9.92. The van der Waals surface area contributed by atoms with Gasteiger partial charge < -0.3 is 9.73 Å². The number of aryl methyl sites for hydroxylation is 2. The minimum absolute atomic E-state index is 0.114. The highest BCUT2D eigenvalue weighted by atomic mass is 35.5. The lowest BCUT2D eigenvalue weighted by Gasteiger charge is -2.26. The van der Waals surface area contributed by atoms with Crippen molar-refractivity contribution in [1.82, 2.24) is 5.32 Å². The van der Waals surface area contributed by atoms with Gasteiger partial charge in [0.1, 0.15) is 12.3 Å². The lowest BCUT2D eigenvalue weighted by atomic mass is 10.2. The average molecular weight is 461 g/mol. The second kappa shape index (κ2) is 10.0. The summed E-state index contributed by atoms with van der Waals surface area (Å²) in [5.74, 6) is 0.446. The molecule has 0 aliphatic carbocycles. The fourth-order valence-electron chi connectivity index (χ4n) is 3.13. The molecule has 0 aliphatic heterocycles. The number of halogens is 1. The van der Waals surface area contributed by atoms with Crippen LogP contribution in [0, 0.1) is 13.8 Å². The third-order valence-electron chi connectivity index (χ3n) is 4.91. The van der Waals surface area contributed by atoms with E-state index in [9.17, 15) is 13.2 Å². The molecular weight excluding hydrogens is 436 g/mol. The molecule has 8 heteroatoms.